The van der Waals surface area contributed by atoms with Crippen molar-refractivity contribution in [2.75, 3.05) is 39.8 Å². The normalized spacial score (nSPS) is 18.4. The highest BCUT2D eigenvalue weighted by Crippen LogP contribution is 2.18. The van der Waals surface area contributed by atoms with Gasteiger partial charge in [-0.15, -0.1) is 0 Å². The lowest BCUT2D eigenvalue weighted by Gasteiger charge is -2.27. The van der Waals surface area contributed by atoms with E-state index in [1.54, 1.807) is 0 Å². The molecule has 4 heteroatoms. The highest BCUT2D eigenvalue weighted by molar-refractivity contribution is 5.19. The molecule has 1 unspecified atom stereocenters. The Balaban J connectivity index is 1.77. The van der Waals surface area contributed by atoms with Gasteiger partial charge in [0.25, 0.3) is 0 Å². The molecule has 1 saturated heterocycles. The fourth-order valence-electron chi connectivity index (χ4n) is 2.63. The van der Waals surface area contributed by atoms with Gasteiger partial charge in [-0.3, -0.25) is 0 Å². The van der Waals surface area contributed by atoms with Crippen molar-refractivity contribution in [1.82, 2.24) is 15.5 Å². The molecule has 1 aromatic rings. The number of piperazine rings is 1. The average Bonchev–Trinajstić information content (AvgIpc) is 2.46. The van der Waals surface area contributed by atoms with Gasteiger partial charge in [-0.1, -0.05) is 12.1 Å². The monoisotopic (exact) mass is 265 g/mol. The third kappa shape index (κ3) is 4.56. The van der Waals surface area contributed by atoms with Crippen molar-refractivity contribution in [3.05, 3.63) is 35.6 Å². The Kier molecular flexibility index (Phi) is 5.76. The zero-order chi connectivity index (χ0) is 13.5. The zero-order valence-electron chi connectivity index (χ0n) is 11.7. The molecule has 0 saturated carbocycles. The fraction of sp³-hybridized carbons (Fsp3) is 0.600. The number of hydrogen-bond acceptors (Lipinski definition) is 3. The highest BCUT2D eigenvalue weighted by atomic mass is 19.1. The lowest BCUT2D eigenvalue weighted by atomic mass is 10.0. The molecule has 0 radical (unpaired) electrons. The van der Waals surface area contributed by atoms with Gasteiger partial charge in [-0.2, -0.15) is 0 Å². The minimum absolute atomic E-state index is 0.167. The summed E-state index contributed by atoms with van der Waals surface area (Å²) in [5.74, 6) is -0.167. The molecule has 2 N–H and O–H groups in total. The first kappa shape index (κ1) is 14.4. The lowest BCUT2D eigenvalue weighted by molar-refractivity contribution is 0.233. The zero-order valence-corrected chi connectivity index (χ0v) is 11.7. The number of nitrogens with one attached hydrogen (secondary N) is 2. The molecule has 0 spiro atoms. The van der Waals surface area contributed by atoms with E-state index in [0.717, 1.165) is 39.1 Å². The Labute approximate surface area is 115 Å². The third-order valence-electron chi connectivity index (χ3n) is 3.80. The van der Waals surface area contributed by atoms with Crippen LogP contribution in [0.25, 0.3) is 0 Å². The first-order valence-electron chi connectivity index (χ1n) is 7.15. The highest BCUT2D eigenvalue weighted by Gasteiger charge is 2.12. The Morgan fingerprint density at radius 3 is 2.58 bits per heavy atom. The van der Waals surface area contributed by atoms with Gasteiger partial charge in [0.1, 0.15) is 5.82 Å². The van der Waals surface area contributed by atoms with Crippen LogP contribution in [-0.4, -0.2) is 44.7 Å². The molecular weight excluding hydrogens is 241 g/mol. The van der Waals surface area contributed by atoms with Crippen LogP contribution in [0.3, 0.4) is 0 Å². The van der Waals surface area contributed by atoms with Crippen molar-refractivity contribution < 1.29 is 4.39 Å². The van der Waals surface area contributed by atoms with E-state index >= 15 is 0 Å². The number of rotatable bonds is 6. The van der Waals surface area contributed by atoms with Crippen molar-refractivity contribution in [3.8, 4) is 0 Å². The van der Waals surface area contributed by atoms with E-state index in [-0.39, 0.29) is 5.82 Å². The van der Waals surface area contributed by atoms with Gasteiger partial charge in [-0.05, 0) is 44.1 Å². The smallest absolute Gasteiger partial charge is 0.123 e. The van der Waals surface area contributed by atoms with Crippen LogP contribution < -0.4 is 10.6 Å². The third-order valence-corrected chi connectivity index (χ3v) is 3.80. The van der Waals surface area contributed by atoms with E-state index in [0.29, 0.717) is 6.04 Å². The van der Waals surface area contributed by atoms with E-state index in [2.05, 4.69) is 15.5 Å². The minimum atomic E-state index is -0.167. The maximum atomic E-state index is 12.9. The first-order chi connectivity index (χ1) is 9.29. The summed E-state index contributed by atoms with van der Waals surface area (Å²) < 4.78 is 12.9. The predicted octanol–water partition coefficient (Wildman–Crippen LogP) is 1.77. The fourth-order valence-corrected chi connectivity index (χ4v) is 2.63. The van der Waals surface area contributed by atoms with Gasteiger partial charge in [-0.25, -0.2) is 4.39 Å². The number of nitrogens with zero attached hydrogens (tertiary/aromatic N) is 1. The summed E-state index contributed by atoms with van der Waals surface area (Å²) in [5, 5.41) is 6.69. The standard InChI is InChI=1S/C15H24FN3/c1-17-15(13-4-6-14(16)7-5-13)3-2-10-19-11-8-18-9-12-19/h4-7,15,17-18H,2-3,8-12H2,1H3. The molecule has 1 aromatic carbocycles. The van der Waals surface area contributed by atoms with E-state index in [4.69, 9.17) is 0 Å². The topological polar surface area (TPSA) is 27.3 Å². The van der Waals surface area contributed by atoms with Crippen LogP contribution in [0.1, 0.15) is 24.4 Å². The molecule has 106 valence electrons. The van der Waals surface area contributed by atoms with Crippen LogP contribution in [0, 0.1) is 5.82 Å². The Morgan fingerprint density at radius 2 is 1.95 bits per heavy atom. The molecule has 2 rings (SSSR count). The van der Waals surface area contributed by atoms with E-state index in [1.165, 1.54) is 24.1 Å². The number of halogens is 1. The first-order valence-corrected chi connectivity index (χ1v) is 7.15. The van der Waals surface area contributed by atoms with Crippen LogP contribution in [-0.2, 0) is 0 Å². The molecule has 0 bridgehead atoms. The van der Waals surface area contributed by atoms with Gasteiger partial charge in [0, 0.05) is 32.2 Å². The van der Waals surface area contributed by atoms with Crippen molar-refractivity contribution in [2.45, 2.75) is 18.9 Å². The van der Waals surface area contributed by atoms with Gasteiger partial charge in [0.05, 0.1) is 0 Å². The van der Waals surface area contributed by atoms with E-state index < -0.39 is 0 Å². The molecule has 0 amide bonds. The van der Waals surface area contributed by atoms with Gasteiger partial charge in [0.15, 0.2) is 0 Å². The van der Waals surface area contributed by atoms with Crippen molar-refractivity contribution in [1.29, 1.82) is 0 Å². The van der Waals surface area contributed by atoms with Gasteiger partial charge >= 0.3 is 0 Å². The molecule has 1 aliphatic rings. The van der Waals surface area contributed by atoms with Crippen LogP contribution in [0.4, 0.5) is 4.39 Å². The molecule has 3 nitrogen and oxygen atoms in total. The van der Waals surface area contributed by atoms with Crippen molar-refractivity contribution in [2.24, 2.45) is 0 Å². The summed E-state index contributed by atoms with van der Waals surface area (Å²) in [6.45, 7) is 5.67. The van der Waals surface area contributed by atoms with Gasteiger partial charge in [0.2, 0.25) is 0 Å². The molecule has 0 aromatic heterocycles. The SMILES string of the molecule is CNC(CCCN1CCNCC1)c1ccc(F)cc1. The second-order valence-electron chi connectivity index (χ2n) is 5.13. The van der Waals surface area contributed by atoms with Crippen molar-refractivity contribution >= 4 is 0 Å². The van der Waals surface area contributed by atoms with Crippen LogP contribution in [0.5, 0.6) is 0 Å². The van der Waals surface area contributed by atoms with E-state index in [1.807, 2.05) is 19.2 Å². The van der Waals surface area contributed by atoms with E-state index in [9.17, 15) is 4.39 Å². The summed E-state index contributed by atoms with van der Waals surface area (Å²) in [4.78, 5) is 2.51. The quantitative estimate of drug-likeness (QED) is 0.821. The number of benzene rings is 1. The van der Waals surface area contributed by atoms with Gasteiger partial charge < -0.3 is 15.5 Å². The largest absolute Gasteiger partial charge is 0.314 e. The average molecular weight is 265 g/mol. The maximum Gasteiger partial charge on any atom is 0.123 e. The maximum absolute atomic E-state index is 12.9. The molecule has 1 aliphatic heterocycles. The molecule has 0 aliphatic carbocycles. The Bertz CT molecular complexity index is 360. The molecule has 19 heavy (non-hydrogen) atoms. The summed E-state index contributed by atoms with van der Waals surface area (Å²) in [5.41, 5.74) is 1.17. The Morgan fingerprint density at radius 1 is 1.26 bits per heavy atom. The lowest BCUT2D eigenvalue weighted by Crippen LogP contribution is -2.43. The minimum Gasteiger partial charge on any atom is -0.314 e. The summed E-state index contributed by atoms with van der Waals surface area (Å²) >= 11 is 0. The summed E-state index contributed by atoms with van der Waals surface area (Å²) in [6.07, 6.45) is 2.26. The second-order valence-corrected chi connectivity index (χ2v) is 5.13. The molecular formula is C15H24FN3. The van der Waals surface area contributed by atoms with Crippen LogP contribution in [0.15, 0.2) is 24.3 Å². The Hall–Kier alpha value is -0.970. The second kappa shape index (κ2) is 7.58. The number of hydrogen-bond donors (Lipinski definition) is 2. The molecule has 1 heterocycles. The summed E-state index contributed by atoms with van der Waals surface area (Å²) in [7, 11) is 1.97. The van der Waals surface area contributed by atoms with Crippen molar-refractivity contribution in [3.63, 3.8) is 0 Å². The van der Waals surface area contributed by atoms with Crippen LogP contribution >= 0.6 is 0 Å². The predicted molar refractivity (Wildman–Crippen MR) is 76.7 cm³/mol. The molecule has 1 fully saturated rings. The molecule has 1 atom stereocenters. The summed E-state index contributed by atoms with van der Waals surface area (Å²) in [6, 6.07) is 7.15. The van der Waals surface area contributed by atoms with Crippen LogP contribution in [0.2, 0.25) is 0 Å².